The van der Waals surface area contributed by atoms with Crippen molar-refractivity contribution in [3.8, 4) is 0 Å². The van der Waals surface area contributed by atoms with E-state index in [9.17, 15) is 0 Å². The minimum atomic E-state index is 0.300. The van der Waals surface area contributed by atoms with E-state index in [1.165, 1.54) is 12.8 Å². The van der Waals surface area contributed by atoms with E-state index < -0.39 is 0 Å². The van der Waals surface area contributed by atoms with Crippen molar-refractivity contribution in [1.29, 1.82) is 0 Å². The van der Waals surface area contributed by atoms with Crippen LogP contribution in [0.5, 0.6) is 0 Å². The number of hydrogen-bond acceptors (Lipinski definition) is 2. The van der Waals surface area contributed by atoms with E-state index in [2.05, 4.69) is 0 Å². The Morgan fingerprint density at radius 2 is 1.85 bits per heavy atom. The summed E-state index contributed by atoms with van der Waals surface area (Å²) in [5.74, 6) is 4.53. The molecule has 0 saturated heterocycles. The highest BCUT2D eigenvalue weighted by Crippen LogP contribution is 2.83. The van der Waals surface area contributed by atoms with Crippen molar-refractivity contribution >= 4 is 0 Å². The Kier molecular flexibility index (Phi) is 1.02. The van der Waals surface area contributed by atoms with Gasteiger partial charge in [-0.1, -0.05) is 0 Å². The Hall–Kier alpha value is -0.0800. The van der Waals surface area contributed by atoms with E-state index in [1.54, 1.807) is 0 Å². The molecule has 72 valence electrons. The molecule has 0 bridgehead atoms. The van der Waals surface area contributed by atoms with Crippen LogP contribution in [-0.4, -0.2) is 25.9 Å². The van der Waals surface area contributed by atoms with E-state index in [0.29, 0.717) is 11.7 Å². The predicted molar refractivity (Wildman–Crippen MR) is 47.2 cm³/mol. The topological polar surface area (TPSA) is 18.5 Å². The van der Waals surface area contributed by atoms with Gasteiger partial charge >= 0.3 is 0 Å². The molecule has 0 aromatic heterocycles. The summed E-state index contributed by atoms with van der Waals surface area (Å²) in [5, 5.41) is 0. The summed E-state index contributed by atoms with van der Waals surface area (Å²) in [6.45, 7) is 0. The molecule has 4 aliphatic rings. The van der Waals surface area contributed by atoms with Crippen LogP contribution < -0.4 is 0 Å². The Labute approximate surface area is 78.6 Å². The van der Waals surface area contributed by atoms with E-state index in [0.717, 1.165) is 29.6 Å². The molecular formula is C11H16O2. The first-order chi connectivity index (χ1) is 6.34. The fraction of sp³-hybridized carbons (Fsp3) is 1.00. The van der Waals surface area contributed by atoms with Gasteiger partial charge in [-0.05, 0) is 36.5 Å². The normalized spacial score (nSPS) is 70.6. The van der Waals surface area contributed by atoms with Crippen LogP contribution in [0.1, 0.15) is 12.8 Å². The van der Waals surface area contributed by atoms with Gasteiger partial charge in [0.25, 0.3) is 0 Å². The number of methoxy groups -OCH3 is 2. The molecule has 4 fully saturated rings. The zero-order valence-electron chi connectivity index (χ0n) is 8.19. The lowest BCUT2D eigenvalue weighted by molar-refractivity contribution is -0.0270. The monoisotopic (exact) mass is 180 g/mol. The SMILES string of the molecule is COC1CC2C3C4CC4C1C23OC. The maximum atomic E-state index is 5.81. The Morgan fingerprint density at radius 3 is 2.54 bits per heavy atom. The highest BCUT2D eigenvalue weighted by Gasteiger charge is 2.87. The summed E-state index contributed by atoms with van der Waals surface area (Å²) in [7, 11) is 3.77. The van der Waals surface area contributed by atoms with Crippen molar-refractivity contribution < 1.29 is 9.47 Å². The molecule has 4 rings (SSSR count). The van der Waals surface area contributed by atoms with E-state index in [-0.39, 0.29) is 0 Å². The van der Waals surface area contributed by atoms with Crippen molar-refractivity contribution in [2.45, 2.75) is 24.5 Å². The first-order valence-electron chi connectivity index (χ1n) is 5.42. The molecular weight excluding hydrogens is 164 g/mol. The number of rotatable bonds is 2. The smallest absolute Gasteiger partial charge is 0.0801 e. The maximum Gasteiger partial charge on any atom is 0.0801 e. The lowest BCUT2D eigenvalue weighted by Crippen LogP contribution is -2.32. The van der Waals surface area contributed by atoms with Crippen molar-refractivity contribution in [2.75, 3.05) is 14.2 Å². The van der Waals surface area contributed by atoms with Gasteiger partial charge in [-0.3, -0.25) is 0 Å². The highest BCUT2D eigenvalue weighted by atomic mass is 16.5. The van der Waals surface area contributed by atoms with Crippen LogP contribution in [-0.2, 0) is 9.47 Å². The van der Waals surface area contributed by atoms with Crippen molar-refractivity contribution in [1.82, 2.24) is 0 Å². The van der Waals surface area contributed by atoms with E-state index in [4.69, 9.17) is 9.47 Å². The molecule has 0 N–H and O–H groups in total. The second-order valence-electron chi connectivity index (χ2n) is 5.29. The number of ether oxygens (including phenoxy) is 2. The van der Waals surface area contributed by atoms with Crippen LogP contribution in [0.25, 0.3) is 0 Å². The van der Waals surface area contributed by atoms with Gasteiger partial charge < -0.3 is 9.47 Å². The van der Waals surface area contributed by atoms with Gasteiger partial charge in [-0.2, -0.15) is 0 Å². The van der Waals surface area contributed by atoms with Crippen LogP contribution in [0, 0.1) is 29.6 Å². The quantitative estimate of drug-likeness (QED) is 0.637. The van der Waals surface area contributed by atoms with E-state index >= 15 is 0 Å². The lowest BCUT2D eigenvalue weighted by atomic mass is 9.95. The molecule has 4 aliphatic carbocycles. The van der Waals surface area contributed by atoms with Gasteiger partial charge in [0, 0.05) is 20.1 Å². The largest absolute Gasteiger partial charge is 0.381 e. The zero-order chi connectivity index (χ0) is 8.79. The zero-order valence-corrected chi connectivity index (χ0v) is 8.19. The summed E-state index contributed by atoms with van der Waals surface area (Å²) >= 11 is 0. The lowest BCUT2D eigenvalue weighted by Gasteiger charge is -2.25. The molecule has 13 heavy (non-hydrogen) atoms. The number of hydrogen-bond donors (Lipinski definition) is 0. The van der Waals surface area contributed by atoms with Crippen molar-refractivity contribution in [2.24, 2.45) is 29.6 Å². The van der Waals surface area contributed by atoms with Crippen LogP contribution in [0.4, 0.5) is 0 Å². The first kappa shape index (κ1) is 7.24. The fourth-order valence-electron chi connectivity index (χ4n) is 4.94. The summed E-state index contributed by atoms with van der Waals surface area (Å²) in [6, 6.07) is 0. The van der Waals surface area contributed by atoms with Crippen LogP contribution in [0.3, 0.4) is 0 Å². The Morgan fingerprint density at radius 1 is 1.08 bits per heavy atom. The van der Waals surface area contributed by atoms with Gasteiger partial charge in [0.15, 0.2) is 0 Å². The molecule has 0 spiro atoms. The second kappa shape index (κ2) is 1.82. The molecule has 0 heterocycles. The van der Waals surface area contributed by atoms with Gasteiger partial charge in [-0.25, -0.2) is 0 Å². The van der Waals surface area contributed by atoms with Gasteiger partial charge in [0.1, 0.15) is 0 Å². The maximum absolute atomic E-state index is 5.81. The average Bonchev–Trinajstić information content (AvgIpc) is 2.99. The molecule has 0 aromatic rings. The Bertz CT molecular complexity index is 277. The van der Waals surface area contributed by atoms with E-state index in [1.807, 2.05) is 14.2 Å². The Balaban J connectivity index is 1.76. The minimum Gasteiger partial charge on any atom is -0.381 e. The van der Waals surface area contributed by atoms with Gasteiger partial charge in [0.05, 0.1) is 11.7 Å². The summed E-state index contributed by atoms with van der Waals surface area (Å²) in [4.78, 5) is 0. The average molecular weight is 180 g/mol. The molecule has 2 nitrogen and oxygen atoms in total. The third-order valence-corrected chi connectivity index (χ3v) is 5.30. The second-order valence-corrected chi connectivity index (χ2v) is 5.29. The molecule has 0 radical (unpaired) electrons. The summed E-state index contributed by atoms with van der Waals surface area (Å²) in [5.41, 5.74) is 0.300. The summed E-state index contributed by atoms with van der Waals surface area (Å²) in [6.07, 6.45) is 3.25. The molecule has 4 saturated carbocycles. The van der Waals surface area contributed by atoms with Crippen LogP contribution >= 0.6 is 0 Å². The summed E-state index contributed by atoms with van der Waals surface area (Å²) < 4.78 is 11.4. The molecule has 0 aliphatic heterocycles. The highest BCUT2D eigenvalue weighted by molar-refractivity contribution is 5.35. The van der Waals surface area contributed by atoms with Gasteiger partial charge in [0.2, 0.25) is 0 Å². The molecule has 7 unspecified atom stereocenters. The molecule has 2 heteroatoms. The molecule has 0 amide bonds. The molecule has 7 atom stereocenters. The third-order valence-electron chi connectivity index (χ3n) is 5.30. The van der Waals surface area contributed by atoms with Crippen LogP contribution in [0.2, 0.25) is 0 Å². The van der Waals surface area contributed by atoms with Crippen molar-refractivity contribution in [3.05, 3.63) is 0 Å². The predicted octanol–water partition coefficient (Wildman–Crippen LogP) is 1.30. The minimum absolute atomic E-state index is 0.300. The molecule has 0 aromatic carbocycles. The van der Waals surface area contributed by atoms with Crippen molar-refractivity contribution in [3.63, 3.8) is 0 Å². The first-order valence-corrected chi connectivity index (χ1v) is 5.42. The van der Waals surface area contributed by atoms with Gasteiger partial charge in [-0.15, -0.1) is 0 Å². The fourth-order valence-corrected chi connectivity index (χ4v) is 4.94. The van der Waals surface area contributed by atoms with Crippen LogP contribution in [0.15, 0.2) is 0 Å². The third kappa shape index (κ3) is 0.533. The number of fused-ring (bicyclic) bond motifs is 4. The standard InChI is InChI=1S/C11H16O2/c1-12-8-4-7-9-5-3-6(5)10(8)11(7,9)13-2/h5-10H,3-4H2,1-2H3.